The predicted octanol–water partition coefficient (Wildman–Crippen LogP) is 2.58. The van der Waals surface area contributed by atoms with E-state index >= 15 is 0 Å². The van der Waals surface area contributed by atoms with Crippen molar-refractivity contribution < 1.29 is 0 Å². The Hall–Kier alpha value is -1.87. The van der Waals surface area contributed by atoms with Crippen molar-refractivity contribution in [2.45, 2.75) is 31.7 Å². The third-order valence-electron chi connectivity index (χ3n) is 3.98. The molecule has 20 heavy (non-hydrogen) atoms. The lowest BCUT2D eigenvalue weighted by atomic mass is 9.91. The summed E-state index contributed by atoms with van der Waals surface area (Å²) in [6.07, 6.45) is 4.31. The standard InChI is InChI=1S/C17H20N2O/c20-17-10-9-14-15(7-4-8-16(14)19-17)18-12-11-13-5-2-1-3-6-13/h1-3,5-6,9-10,15,18H,4,7-8,11-12H2,(H,19,20)/t15-/m0/s1. The maximum Gasteiger partial charge on any atom is 0.248 e. The van der Waals surface area contributed by atoms with E-state index in [4.69, 9.17) is 0 Å². The number of rotatable bonds is 4. The van der Waals surface area contributed by atoms with Crippen molar-refractivity contribution >= 4 is 0 Å². The van der Waals surface area contributed by atoms with Gasteiger partial charge in [0.25, 0.3) is 0 Å². The van der Waals surface area contributed by atoms with E-state index in [2.05, 4.69) is 34.6 Å². The average molecular weight is 268 g/mol. The first kappa shape index (κ1) is 13.1. The molecule has 1 aromatic heterocycles. The summed E-state index contributed by atoms with van der Waals surface area (Å²) < 4.78 is 0. The highest BCUT2D eigenvalue weighted by Gasteiger charge is 2.19. The van der Waals surface area contributed by atoms with Gasteiger partial charge >= 0.3 is 0 Å². The van der Waals surface area contributed by atoms with Gasteiger partial charge in [-0.2, -0.15) is 0 Å². The highest BCUT2D eigenvalue weighted by molar-refractivity contribution is 5.26. The number of fused-ring (bicyclic) bond motifs is 1. The van der Waals surface area contributed by atoms with E-state index in [0.717, 1.165) is 37.9 Å². The molecule has 0 amide bonds. The van der Waals surface area contributed by atoms with E-state index in [0.29, 0.717) is 6.04 Å². The quantitative estimate of drug-likeness (QED) is 0.895. The molecule has 0 radical (unpaired) electrons. The molecule has 3 nitrogen and oxygen atoms in total. The van der Waals surface area contributed by atoms with Crippen LogP contribution in [-0.2, 0) is 12.8 Å². The van der Waals surface area contributed by atoms with Crippen molar-refractivity contribution in [2.24, 2.45) is 0 Å². The van der Waals surface area contributed by atoms with Crippen LogP contribution < -0.4 is 10.9 Å². The van der Waals surface area contributed by atoms with Crippen LogP contribution in [-0.4, -0.2) is 11.5 Å². The molecular weight excluding hydrogens is 248 g/mol. The fraction of sp³-hybridized carbons (Fsp3) is 0.353. The van der Waals surface area contributed by atoms with Gasteiger partial charge in [-0.25, -0.2) is 0 Å². The molecule has 0 unspecified atom stereocenters. The maximum absolute atomic E-state index is 11.4. The molecule has 0 spiro atoms. The van der Waals surface area contributed by atoms with Gasteiger partial charge in [0.15, 0.2) is 0 Å². The van der Waals surface area contributed by atoms with E-state index in [-0.39, 0.29) is 5.56 Å². The second-order valence-corrected chi connectivity index (χ2v) is 5.39. The van der Waals surface area contributed by atoms with E-state index < -0.39 is 0 Å². The van der Waals surface area contributed by atoms with E-state index in [9.17, 15) is 4.79 Å². The lowest BCUT2D eigenvalue weighted by Gasteiger charge is -2.26. The monoisotopic (exact) mass is 268 g/mol. The molecule has 3 heteroatoms. The summed E-state index contributed by atoms with van der Waals surface area (Å²) in [6.45, 7) is 0.966. The summed E-state index contributed by atoms with van der Waals surface area (Å²) >= 11 is 0. The van der Waals surface area contributed by atoms with Gasteiger partial charge in [0.05, 0.1) is 0 Å². The summed E-state index contributed by atoms with van der Waals surface area (Å²) in [5.41, 5.74) is 3.75. The van der Waals surface area contributed by atoms with Gasteiger partial charge in [0, 0.05) is 17.8 Å². The molecule has 0 saturated heterocycles. The molecule has 0 aliphatic heterocycles. The normalized spacial score (nSPS) is 17.7. The summed E-state index contributed by atoms with van der Waals surface area (Å²) in [7, 11) is 0. The lowest BCUT2D eigenvalue weighted by Crippen LogP contribution is -2.28. The van der Waals surface area contributed by atoms with Crippen molar-refractivity contribution in [2.75, 3.05) is 6.54 Å². The second kappa shape index (κ2) is 6.06. The van der Waals surface area contributed by atoms with Gasteiger partial charge in [-0.05, 0) is 43.4 Å². The van der Waals surface area contributed by atoms with Crippen LogP contribution in [0, 0.1) is 0 Å². The number of aromatic nitrogens is 1. The van der Waals surface area contributed by atoms with Gasteiger partial charge in [-0.3, -0.25) is 4.79 Å². The Kier molecular flexibility index (Phi) is 3.97. The number of benzene rings is 1. The highest BCUT2D eigenvalue weighted by atomic mass is 16.1. The van der Waals surface area contributed by atoms with E-state index in [1.165, 1.54) is 11.1 Å². The zero-order valence-electron chi connectivity index (χ0n) is 11.6. The van der Waals surface area contributed by atoms with Crippen molar-refractivity contribution in [1.29, 1.82) is 0 Å². The molecule has 0 bridgehead atoms. The van der Waals surface area contributed by atoms with E-state index in [1.54, 1.807) is 6.07 Å². The number of nitrogens with one attached hydrogen (secondary N) is 2. The largest absolute Gasteiger partial charge is 0.326 e. The Morgan fingerprint density at radius 2 is 2.00 bits per heavy atom. The first-order chi connectivity index (χ1) is 9.83. The van der Waals surface area contributed by atoms with Crippen LogP contribution in [0.4, 0.5) is 0 Å². The molecule has 0 fully saturated rings. The summed E-state index contributed by atoms with van der Waals surface area (Å²) in [4.78, 5) is 14.3. The summed E-state index contributed by atoms with van der Waals surface area (Å²) in [5, 5.41) is 3.62. The third kappa shape index (κ3) is 2.99. The van der Waals surface area contributed by atoms with Gasteiger partial charge in [0.1, 0.15) is 0 Å². The Bertz CT molecular complexity index is 618. The van der Waals surface area contributed by atoms with Crippen molar-refractivity contribution in [3.63, 3.8) is 0 Å². The molecule has 104 valence electrons. The van der Waals surface area contributed by atoms with Crippen molar-refractivity contribution in [1.82, 2.24) is 10.3 Å². The Labute approximate surface area is 119 Å². The van der Waals surface area contributed by atoms with Crippen LogP contribution in [0.25, 0.3) is 0 Å². The van der Waals surface area contributed by atoms with Crippen LogP contribution in [0.15, 0.2) is 47.3 Å². The summed E-state index contributed by atoms with van der Waals surface area (Å²) in [5.74, 6) is 0. The first-order valence-corrected chi connectivity index (χ1v) is 7.32. The topological polar surface area (TPSA) is 44.9 Å². The smallest absolute Gasteiger partial charge is 0.248 e. The maximum atomic E-state index is 11.4. The molecule has 3 rings (SSSR count). The number of hydrogen-bond donors (Lipinski definition) is 2. The minimum absolute atomic E-state index is 0.00804. The zero-order chi connectivity index (χ0) is 13.8. The molecule has 1 aliphatic rings. The number of hydrogen-bond acceptors (Lipinski definition) is 2. The minimum atomic E-state index is 0.00804. The lowest BCUT2D eigenvalue weighted by molar-refractivity contribution is 0.457. The molecule has 0 saturated carbocycles. The second-order valence-electron chi connectivity index (χ2n) is 5.39. The third-order valence-corrected chi connectivity index (χ3v) is 3.98. The Morgan fingerprint density at radius 1 is 1.15 bits per heavy atom. The highest BCUT2D eigenvalue weighted by Crippen LogP contribution is 2.27. The number of H-pyrrole nitrogens is 1. The minimum Gasteiger partial charge on any atom is -0.326 e. The van der Waals surface area contributed by atoms with Crippen LogP contribution in [0.5, 0.6) is 0 Å². The van der Waals surface area contributed by atoms with Gasteiger partial charge in [-0.15, -0.1) is 0 Å². The summed E-state index contributed by atoms with van der Waals surface area (Å²) in [6, 6.07) is 14.5. The molecule has 1 atom stereocenters. The van der Waals surface area contributed by atoms with Gasteiger partial charge in [0.2, 0.25) is 5.56 Å². The van der Waals surface area contributed by atoms with Crippen LogP contribution in [0.3, 0.4) is 0 Å². The Balaban J connectivity index is 1.63. The van der Waals surface area contributed by atoms with Crippen LogP contribution in [0.1, 0.15) is 35.7 Å². The van der Waals surface area contributed by atoms with Gasteiger partial charge in [-0.1, -0.05) is 36.4 Å². The van der Waals surface area contributed by atoms with E-state index in [1.807, 2.05) is 12.1 Å². The van der Waals surface area contributed by atoms with Crippen LogP contribution >= 0.6 is 0 Å². The van der Waals surface area contributed by atoms with Crippen molar-refractivity contribution in [3.05, 3.63) is 69.6 Å². The molecule has 1 aromatic carbocycles. The molecule has 2 aromatic rings. The fourth-order valence-electron chi connectivity index (χ4n) is 2.95. The molecular formula is C17H20N2O. The SMILES string of the molecule is O=c1ccc2c([nH]1)CCC[C@@H]2NCCc1ccccc1. The first-order valence-electron chi connectivity index (χ1n) is 7.32. The number of aromatic amines is 1. The number of pyridine rings is 1. The molecule has 1 aliphatic carbocycles. The average Bonchev–Trinajstić information content (AvgIpc) is 2.48. The fourth-order valence-corrected chi connectivity index (χ4v) is 2.95. The molecule has 1 heterocycles. The molecule has 2 N–H and O–H groups in total. The Morgan fingerprint density at radius 3 is 2.85 bits per heavy atom. The predicted molar refractivity (Wildman–Crippen MR) is 80.9 cm³/mol. The number of aryl methyl sites for hydroxylation is 1. The van der Waals surface area contributed by atoms with Crippen molar-refractivity contribution in [3.8, 4) is 0 Å². The van der Waals surface area contributed by atoms with Crippen LogP contribution in [0.2, 0.25) is 0 Å². The van der Waals surface area contributed by atoms with Gasteiger partial charge < -0.3 is 10.3 Å². The zero-order valence-corrected chi connectivity index (χ0v) is 11.6.